The van der Waals surface area contributed by atoms with E-state index in [1.807, 2.05) is 0 Å². The van der Waals surface area contributed by atoms with Crippen molar-refractivity contribution in [2.24, 2.45) is 11.7 Å². The molecule has 1 aromatic carbocycles. The molecule has 2 heteroatoms. The summed E-state index contributed by atoms with van der Waals surface area (Å²) >= 11 is 3.54. The lowest BCUT2D eigenvalue weighted by Crippen LogP contribution is -2.10. The van der Waals surface area contributed by atoms with Gasteiger partial charge in [0.25, 0.3) is 0 Å². The van der Waals surface area contributed by atoms with Crippen molar-refractivity contribution in [2.75, 3.05) is 6.54 Å². The van der Waals surface area contributed by atoms with E-state index in [9.17, 15) is 0 Å². The van der Waals surface area contributed by atoms with E-state index in [1.54, 1.807) is 0 Å². The van der Waals surface area contributed by atoms with E-state index in [1.165, 1.54) is 22.0 Å². The summed E-state index contributed by atoms with van der Waals surface area (Å²) in [5, 5.41) is 0. The van der Waals surface area contributed by atoms with Gasteiger partial charge in [0.05, 0.1) is 0 Å². The highest BCUT2D eigenvalue weighted by Gasteiger charge is 2.31. The van der Waals surface area contributed by atoms with Gasteiger partial charge in [-0.15, -0.1) is 0 Å². The van der Waals surface area contributed by atoms with E-state index in [4.69, 9.17) is 5.73 Å². The van der Waals surface area contributed by atoms with Gasteiger partial charge in [0, 0.05) is 4.47 Å². The first-order valence-corrected chi connectivity index (χ1v) is 6.42. The number of hydrogen-bond donors (Lipinski definition) is 1. The van der Waals surface area contributed by atoms with Crippen LogP contribution < -0.4 is 5.73 Å². The number of halogens is 1. The Morgan fingerprint density at radius 2 is 2.13 bits per heavy atom. The zero-order valence-electron chi connectivity index (χ0n) is 9.33. The molecule has 1 aliphatic carbocycles. The summed E-state index contributed by atoms with van der Waals surface area (Å²) in [6, 6.07) is 6.65. The number of benzene rings is 1. The summed E-state index contributed by atoms with van der Waals surface area (Å²) in [5.41, 5.74) is 8.83. The Hall–Kier alpha value is -0.340. The average Bonchev–Trinajstić information content (AvgIpc) is 2.55. The molecular formula is C13H18BrN. The van der Waals surface area contributed by atoms with Gasteiger partial charge in [0.1, 0.15) is 0 Å². The predicted octanol–water partition coefficient (Wildman–Crippen LogP) is 3.63. The maximum Gasteiger partial charge on any atom is 0.0178 e. The van der Waals surface area contributed by atoms with Gasteiger partial charge in [0.2, 0.25) is 0 Å². The molecule has 0 heterocycles. The van der Waals surface area contributed by atoms with Crippen LogP contribution in [0.4, 0.5) is 0 Å². The lowest BCUT2D eigenvalue weighted by atomic mass is 9.90. The standard InChI is InChI=1S/C13H18BrN/c1-8(2)12-5-9(7-15)13-6-10(14)3-4-11(12)13/h3-4,6,8-9,12H,5,7,15H2,1-2H3. The Kier molecular flexibility index (Phi) is 3.17. The minimum atomic E-state index is 0.560. The van der Waals surface area contributed by atoms with Gasteiger partial charge >= 0.3 is 0 Å². The molecule has 0 aliphatic heterocycles. The van der Waals surface area contributed by atoms with Crippen LogP contribution in [0.2, 0.25) is 0 Å². The van der Waals surface area contributed by atoms with Gasteiger partial charge in [0.15, 0.2) is 0 Å². The van der Waals surface area contributed by atoms with Gasteiger partial charge in [-0.1, -0.05) is 35.8 Å². The van der Waals surface area contributed by atoms with E-state index in [2.05, 4.69) is 48.0 Å². The number of rotatable bonds is 2. The van der Waals surface area contributed by atoms with Crippen molar-refractivity contribution >= 4 is 15.9 Å². The molecular weight excluding hydrogens is 250 g/mol. The molecule has 0 radical (unpaired) electrons. The molecule has 2 unspecified atom stereocenters. The fourth-order valence-electron chi connectivity index (χ4n) is 2.65. The minimum absolute atomic E-state index is 0.560. The molecule has 1 aromatic rings. The largest absolute Gasteiger partial charge is 0.330 e. The van der Waals surface area contributed by atoms with Crippen LogP contribution in [0.3, 0.4) is 0 Å². The molecule has 0 fully saturated rings. The Balaban J connectivity index is 2.43. The molecule has 0 amide bonds. The Bertz CT molecular complexity index is 360. The highest BCUT2D eigenvalue weighted by atomic mass is 79.9. The highest BCUT2D eigenvalue weighted by molar-refractivity contribution is 9.10. The fraction of sp³-hybridized carbons (Fsp3) is 0.538. The van der Waals surface area contributed by atoms with Gasteiger partial charge in [-0.2, -0.15) is 0 Å². The third kappa shape index (κ3) is 1.98. The monoisotopic (exact) mass is 267 g/mol. The second-order valence-electron chi connectivity index (χ2n) is 4.79. The van der Waals surface area contributed by atoms with Crippen LogP contribution in [0.25, 0.3) is 0 Å². The molecule has 0 saturated heterocycles. The Labute approximate surface area is 100 Å². The van der Waals surface area contributed by atoms with Crippen LogP contribution in [0.5, 0.6) is 0 Å². The summed E-state index contributed by atoms with van der Waals surface area (Å²) in [7, 11) is 0. The van der Waals surface area contributed by atoms with Crippen molar-refractivity contribution in [3.8, 4) is 0 Å². The first-order chi connectivity index (χ1) is 7.13. The van der Waals surface area contributed by atoms with Gasteiger partial charge in [-0.3, -0.25) is 0 Å². The smallest absolute Gasteiger partial charge is 0.0178 e. The molecule has 2 rings (SSSR count). The van der Waals surface area contributed by atoms with E-state index >= 15 is 0 Å². The number of fused-ring (bicyclic) bond motifs is 1. The highest BCUT2D eigenvalue weighted by Crippen LogP contribution is 2.45. The lowest BCUT2D eigenvalue weighted by Gasteiger charge is -2.15. The van der Waals surface area contributed by atoms with Crippen LogP contribution in [0, 0.1) is 5.92 Å². The lowest BCUT2D eigenvalue weighted by molar-refractivity contribution is 0.468. The first kappa shape index (κ1) is 11.2. The van der Waals surface area contributed by atoms with Gasteiger partial charge in [-0.25, -0.2) is 0 Å². The molecule has 0 bridgehead atoms. The predicted molar refractivity (Wildman–Crippen MR) is 68.1 cm³/mol. The van der Waals surface area contributed by atoms with Crippen LogP contribution >= 0.6 is 15.9 Å². The number of nitrogens with two attached hydrogens (primary N) is 1. The van der Waals surface area contributed by atoms with E-state index in [0.29, 0.717) is 17.8 Å². The van der Waals surface area contributed by atoms with Crippen molar-refractivity contribution in [3.05, 3.63) is 33.8 Å². The topological polar surface area (TPSA) is 26.0 Å². The van der Waals surface area contributed by atoms with Crippen molar-refractivity contribution in [1.82, 2.24) is 0 Å². The molecule has 0 saturated carbocycles. The maximum absolute atomic E-state index is 5.85. The summed E-state index contributed by atoms with van der Waals surface area (Å²) in [4.78, 5) is 0. The summed E-state index contributed by atoms with van der Waals surface area (Å²) in [6.07, 6.45) is 1.22. The minimum Gasteiger partial charge on any atom is -0.330 e. The fourth-order valence-corrected chi connectivity index (χ4v) is 3.03. The molecule has 2 atom stereocenters. The first-order valence-electron chi connectivity index (χ1n) is 5.63. The van der Waals surface area contributed by atoms with E-state index in [-0.39, 0.29) is 0 Å². The van der Waals surface area contributed by atoms with Crippen LogP contribution in [-0.4, -0.2) is 6.54 Å². The third-order valence-corrected chi connectivity index (χ3v) is 4.01. The van der Waals surface area contributed by atoms with Crippen molar-refractivity contribution < 1.29 is 0 Å². The van der Waals surface area contributed by atoms with Crippen LogP contribution in [-0.2, 0) is 0 Å². The quantitative estimate of drug-likeness (QED) is 0.870. The summed E-state index contributed by atoms with van der Waals surface area (Å²) in [6.45, 7) is 5.37. The second-order valence-corrected chi connectivity index (χ2v) is 5.71. The maximum atomic E-state index is 5.85. The molecule has 15 heavy (non-hydrogen) atoms. The zero-order valence-corrected chi connectivity index (χ0v) is 10.9. The van der Waals surface area contributed by atoms with Crippen molar-refractivity contribution in [2.45, 2.75) is 32.1 Å². The zero-order chi connectivity index (χ0) is 11.0. The van der Waals surface area contributed by atoms with Crippen LogP contribution in [0.15, 0.2) is 22.7 Å². The van der Waals surface area contributed by atoms with Crippen molar-refractivity contribution in [3.63, 3.8) is 0 Å². The molecule has 1 nitrogen and oxygen atoms in total. The Morgan fingerprint density at radius 3 is 2.73 bits per heavy atom. The molecule has 1 aliphatic rings. The molecule has 0 spiro atoms. The van der Waals surface area contributed by atoms with Gasteiger partial charge < -0.3 is 5.73 Å². The van der Waals surface area contributed by atoms with Crippen molar-refractivity contribution in [1.29, 1.82) is 0 Å². The third-order valence-electron chi connectivity index (χ3n) is 3.52. The normalized spacial score (nSPS) is 24.6. The second kappa shape index (κ2) is 4.26. The molecule has 0 aromatic heterocycles. The average molecular weight is 268 g/mol. The van der Waals surface area contributed by atoms with E-state index < -0.39 is 0 Å². The molecule has 82 valence electrons. The number of hydrogen-bond acceptors (Lipinski definition) is 1. The van der Waals surface area contributed by atoms with Crippen LogP contribution in [0.1, 0.15) is 43.2 Å². The van der Waals surface area contributed by atoms with E-state index in [0.717, 1.165) is 6.54 Å². The Morgan fingerprint density at radius 1 is 1.40 bits per heavy atom. The van der Waals surface area contributed by atoms with Gasteiger partial charge in [-0.05, 0) is 54.0 Å². The SMILES string of the molecule is CC(C)C1CC(CN)c2cc(Br)ccc21. The summed E-state index contributed by atoms with van der Waals surface area (Å²) in [5.74, 6) is 1.97. The molecule has 2 N–H and O–H groups in total. The summed E-state index contributed by atoms with van der Waals surface area (Å²) < 4.78 is 1.17.